The van der Waals surface area contributed by atoms with Gasteiger partial charge >= 0.3 is 0 Å². The highest BCUT2D eigenvalue weighted by Gasteiger charge is 2.28. The molecule has 0 aliphatic heterocycles. The normalized spacial score (nSPS) is 21.6. The van der Waals surface area contributed by atoms with E-state index >= 15 is 0 Å². The Labute approximate surface area is 187 Å². The molecule has 1 saturated carbocycles. The smallest absolute Gasteiger partial charge is 0.251 e. The second-order valence-corrected chi connectivity index (χ2v) is 9.97. The molecule has 2 aromatic carbocycles. The summed E-state index contributed by atoms with van der Waals surface area (Å²) in [7, 11) is 0. The third-order valence-electron chi connectivity index (χ3n) is 7.04. The number of aromatic nitrogens is 2. The van der Waals surface area contributed by atoms with Crippen LogP contribution in [0.25, 0.3) is 26.4 Å². The van der Waals surface area contributed by atoms with E-state index in [0.717, 1.165) is 44.8 Å². The van der Waals surface area contributed by atoms with Crippen LogP contribution >= 0.6 is 11.3 Å². The van der Waals surface area contributed by atoms with Gasteiger partial charge in [0.05, 0.1) is 15.9 Å². The third-order valence-corrected chi connectivity index (χ3v) is 8.06. The molecule has 0 unspecified atom stereocenters. The Kier molecular flexibility index (Phi) is 5.30. The van der Waals surface area contributed by atoms with E-state index in [4.69, 9.17) is 4.98 Å². The molecule has 0 saturated heterocycles. The predicted octanol–water partition coefficient (Wildman–Crippen LogP) is 6.33. The highest BCUT2D eigenvalue weighted by atomic mass is 32.1. The lowest BCUT2D eigenvalue weighted by Gasteiger charge is -2.34. The van der Waals surface area contributed by atoms with Crippen LogP contribution in [0.5, 0.6) is 0 Å². The lowest BCUT2D eigenvalue weighted by molar-refractivity contribution is 0.0891. The number of hydrogen-bond acceptors (Lipinski definition) is 3. The van der Waals surface area contributed by atoms with Crippen LogP contribution in [0.1, 0.15) is 56.0 Å². The molecular weight excluding hydrogens is 402 g/mol. The fraction of sp³-hybridized carbons (Fsp3) is 0.385. The van der Waals surface area contributed by atoms with E-state index in [0.29, 0.717) is 11.8 Å². The summed E-state index contributed by atoms with van der Waals surface area (Å²) in [6, 6.07) is 14.9. The Hall–Kier alpha value is -2.66. The van der Waals surface area contributed by atoms with Gasteiger partial charge in [0.2, 0.25) is 0 Å². The van der Waals surface area contributed by atoms with Crippen molar-refractivity contribution in [2.24, 2.45) is 11.8 Å². The highest BCUT2D eigenvalue weighted by Crippen LogP contribution is 2.32. The molecule has 1 fully saturated rings. The molecule has 1 aliphatic rings. The summed E-state index contributed by atoms with van der Waals surface area (Å²) in [6.45, 7) is 6.72. The average molecular weight is 432 g/mol. The first-order chi connectivity index (χ1) is 15.0. The second kappa shape index (κ2) is 8.12. The molecule has 1 aliphatic carbocycles. The minimum absolute atomic E-state index is 0.0376. The van der Waals surface area contributed by atoms with Crippen LogP contribution in [-0.4, -0.2) is 21.3 Å². The van der Waals surface area contributed by atoms with Gasteiger partial charge in [0.1, 0.15) is 0 Å². The summed E-state index contributed by atoms with van der Waals surface area (Å²) < 4.78 is 3.23. The van der Waals surface area contributed by atoms with Gasteiger partial charge in [-0.2, -0.15) is 0 Å². The van der Waals surface area contributed by atoms with Crippen molar-refractivity contribution in [3.05, 3.63) is 59.8 Å². The van der Waals surface area contributed by atoms with Crippen molar-refractivity contribution in [2.75, 3.05) is 0 Å². The molecule has 1 N–H and O–H groups in total. The molecule has 4 aromatic rings. The largest absolute Gasteiger partial charge is 0.349 e. The first kappa shape index (κ1) is 20.3. The van der Waals surface area contributed by atoms with Gasteiger partial charge in [-0.15, -0.1) is 0 Å². The number of nitrogens with zero attached hydrogens (tertiary/aromatic N) is 2. The lowest BCUT2D eigenvalue weighted by atomic mass is 9.78. The number of thiazole rings is 1. The van der Waals surface area contributed by atoms with Gasteiger partial charge in [-0.1, -0.05) is 69.2 Å². The quantitative estimate of drug-likeness (QED) is 0.410. The minimum Gasteiger partial charge on any atom is -0.349 e. The molecule has 4 nitrogen and oxygen atoms in total. The standard InChI is InChI=1S/C26H29N3OS/c1-4-18-8-10-19(11-9-18)22-15-29-23-13-12-20(14-24(23)31-26(29)28-22)25(30)27-21-7-5-6-16(2)17(21)3/h8-17,21H,4-7H2,1-3H3,(H,27,30)/t16-,17+,21+/m0/s1. The minimum atomic E-state index is 0.0376. The van der Waals surface area contributed by atoms with Crippen molar-refractivity contribution in [3.63, 3.8) is 0 Å². The van der Waals surface area contributed by atoms with E-state index < -0.39 is 0 Å². The van der Waals surface area contributed by atoms with E-state index in [2.05, 4.69) is 61.0 Å². The zero-order valence-corrected chi connectivity index (χ0v) is 19.2. The monoisotopic (exact) mass is 431 g/mol. The zero-order chi connectivity index (χ0) is 21.5. The number of benzene rings is 2. The topological polar surface area (TPSA) is 46.4 Å². The van der Waals surface area contributed by atoms with Crippen LogP contribution in [0.15, 0.2) is 48.7 Å². The average Bonchev–Trinajstić information content (AvgIpc) is 3.34. The molecule has 1 amide bonds. The van der Waals surface area contributed by atoms with E-state index in [-0.39, 0.29) is 11.9 Å². The Morgan fingerprint density at radius 2 is 1.97 bits per heavy atom. The molecule has 0 spiro atoms. The van der Waals surface area contributed by atoms with Crippen molar-refractivity contribution in [2.45, 2.75) is 52.5 Å². The van der Waals surface area contributed by atoms with Crippen molar-refractivity contribution >= 4 is 32.4 Å². The van der Waals surface area contributed by atoms with Crippen molar-refractivity contribution < 1.29 is 4.79 Å². The van der Waals surface area contributed by atoms with Crippen molar-refractivity contribution in [3.8, 4) is 11.3 Å². The number of carbonyl (C=O) groups excluding carboxylic acids is 1. The number of fused-ring (bicyclic) bond motifs is 3. The van der Waals surface area contributed by atoms with Gasteiger partial charge in [0, 0.05) is 23.4 Å². The molecule has 31 heavy (non-hydrogen) atoms. The first-order valence-electron chi connectivity index (χ1n) is 11.4. The number of aryl methyl sites for hydroxylation is 1. The number of imidazole rings is 1. The number of carbonyl (C=O) groups is 1. The van der Waals surface area contributed by atoms with Crippen LogP contribution < -0.4 is 5.32 Å². The molecule has 5 heteroatoms. The second-order valence-electron chi connectivity index (χ2n) is 8.96. The Morgan fingerprint density at radius 3 is 2.74 bits per heavy atom. The van der Waals surface area contributed by atoms with Crippen molar-refractivity contribution in [1.29, 1.82) is 0 Å². The lowest BCUT2D eigenvalue weighted by Crippen LogP contribution is -2.43. The number of hydrogen-bond donors (Lipinski definition) is 1. The maximum absolute atomic E-state index is 12.9. The number of rotatable bonds is 4. The van der Waals surface area contributed by atoms with Crippen molar-refractivity contribution in [1.82, 2.24) is 14.7 Å². The fourth-order valence-electron chi connectivity index (χ4n) is 4.73. The van der Waals surface area contributed by atoms with E-state index in [1.165, 1.54) is 18.4 Å². The number of nitrogens with one attached hydrogen (secondary N) is 1. The predicted molar refractivity (Wildman–Crippen MR) is 129 cm³/mol. The number of amides is 1. The van der Waals surface area contributed by atoms with E-state index in [1.807, 2.05) is 18.2 Å². The van der Waals surface area contributed by atoms with Gasteiger partial charge in [0.15, 0.2) is 4.96 Å². The first-order valence-corrected chi connectivity index (χ1v) is 12.2. The third kappa shape index (κ3) is 3.76. The maximum atomic E-state index is 12.9. The molecule has 2 aromatic heterocycles. The van der Waals surface area contributed by atoms with Crippen LogP contribution in [0.3, 0.4) is 0 Å². The molecular formula is C26H29N3OS. The van der Waals surface area contributed by atoms with Gasteiger partial charge in [-0.05, 0) is 48.4 Å². The summed E-state index contributed by atoms with van der Waals surface area (Å²) in [5.41, 5.74) is 5.28. The summed E-state index contributed by atoms with van der Waals surface area (Å²) in [6.07, 6.45) is 6.67. The summed E-state index contributed by atoms with van der Waals surface area (Å²) >= 11 is 1.64. The maximum Gasteiger partial charge on any atom is 0.251 e. The van der Waals surface area contributed by atoms with Crippen LogP contribution in [0, 0.1) is 11.8 Å². The van der Waals surface area contributed by atoms with Gasteiger partial charge < -0.3 is 5.32 Å². The Bertz CT molecular complexity index is 1240. The van der Waals surface area contributed by atoms with Crippen LogP contribution in [0.4, 0.5) is 0 Å². The van der Waals surface area contributed by atoms with Gasteiger partial charge in [-0.25, -0.2) is 4.98 Å². The van der Waals surface area contributed by atoms with Gasteiger partial charge in [-0.3, -0.25) is 9.20 Å². The van der Waals surface area contributed by atoms with Crippen LogP contribution in [-0.2, 0) is 6.42 Å². The molecule has 0 bridgehead atoms. The SMILES string of the molecule is CCc1ccc(-c2cn3c(n2)sc2cc(C(=O)N[C@@H]4CCC[C@H](C)[C@H]4C)ccc23)cc1. The highest BCUT2D eigenvalue weighted by molar-refractivity contribution is 7.23. The Morgan fingerprint density at radius 1 is 1.16 bits per heavy atom. The molecule has 2 heterocycles. The molecule has 160 valence electrons. The molecule has 3 atom stereocenters. The van der Waals surface area contributed by atoms with Gasteiger partial charge in [0.25, 0.3) is 5.91 Å². The van der Waals surface area contributed by atoms with E-state index in [1.54, 1.807) is 11.3 Å². The summed E-state index contributed by atoms with van der Waals surface area (Å²) in [5, 5.41) is 3.29. The zero-order valence-electron chi connectivity index (χ0n) is 18.4. The summed E-state index contributed by atoms with van der Waals surface area (Å²) in [5.74, 6) is 1.23. The molecule has 0 radical (unpaired) electrons. The van der Waals surface area contributed by atoms with E-state index in [9.17, 15) is 4.79 Å². The fourth-order valence-corrected chi connectivity index (χ4v) is 5.78. The molecule has 5 rings (SSSR count). The summed E-state index contributed by atoms with van der Waals surface area (Å²) in [4.78, 5) is 18.7. The van der Waals surface area contributed by atoms with Crippen LogP contribution in [0.2, 0.25) is 0 Å². The Balaban J connectivity index is 1.40.